The van der Waals surface area contributed by atoms with Crippen LogP contribution in [0.3, 0.4) is 0 Å². The molecule has 116 valence electrons. The lowest BCUT2D eigenvalue weighted by Gasteiger charge is -2.20. The Hall–Kier alpha value is -1.18. The molecule has 0 aromatic carbocycles. The predicted molar refractivity (Wildman–Crippen MR) is 72.0 cm³/mol. The van der Waals surface area contributed by atoms with Crippen molar-refractivity contribution in [2.24, 2.45) is 5.92 Å². The summed E-state index contributed by atoms with van der Waals surface area (Å²) in [4.78, 5) is 21.7. The molecule has 2 rings (SSSR count). The van der Waals surface area contributed by atoms with Crippen molar-refractivity contribution in [1.82, 2.24) is 10.6 Å². The van der Waals surface area contributed by atoms with Gasteiger partial charge in [-0.2, -0.15) is 0 Å². The van der Waals surface area contributed by atoms with Crippen molar-refractivity contribution < 1.29 is 23.8 Å². The fourth-order valence-corrected chi connectivity index (χ4v) is 1.98. The Kier molecular flexibility index (Phi) is 6.90. The maximum atomic E-state index is 10.9. The highest BCUT2D eigenvalue weighted by atomic mass is 16.7. The Morgan fingerprint density at radius 1 is 1.15 bits per heavy atom. The van der Waals surface area contributed by atoms with Gasteiger partial charge < -0.3 is 24.8 Å². The molecule has 0 aromatic rings. The summed E-state index contributed by atoms with van der Waals surface area (Å²) in [6.45, 7) is 4.26. The van der Waals surface area contributed by atoms with Crippen molar-refractivity contribution in [2.75, 3.05) is 40.5 Å². The van der Waals surface area contributed by atoms with Crippen molar-refractivity contribution in [1.29, 1.82) is 0 Å². The molecular formula is C13H24N2O5. The van der Waals surface area contributed by atoms with E-state index in [4.69, 9.17) is 14.2 Å². The number of carbonyl (C=O) groups is 2. The minimum absolute atomic E-state index is 0.0607. The molecule has 0 saturated carbocycles. The summed E-state index contributed by atoms with van der Waals surface area (Å²) in [5.74, 6) is -0.544. The van der Waals surface area contributed by atoms with Crippen LogP contribution in [0.2, 0.25) is 0 Å². The normalized spacial score (nSPS) is 23.6. The van der Waals surface area contributed by atoms with Gasteiger partial charge in [-0.1, -0.05) is 0 Å². The van der Waals surface area contributed by atoms with Gasteiger partial charge in [-0.05, 0) is 13.3 Å². The first-order chi connectivity index (χ1) is 9.50. The van der Waals surface area contributed by atoms with Crippen molar-refractivity contribution >= 4 is 11.8 Å². The molecule has 20 heavy (non-hydrogen) atoms. The Balaban J connectivity index is 0.000000204. The lowest BCUT2D eigenvalue weighted by Crippen LogP contribution is -2.33. The van der Waals surface area contributed by atoms with Crippen LogP contribution >= 0.6 is 0 Å². The minimum Gasteiger partial charge on any atom is -0.381 e. The van der Waals surface area contributed by atoms with Gasteiger partial charge in [-0.3, -0.25) is 9.59 Å². The molecule has 0 radical (unpaired) electrons. The van der Waals surface area contributed by atoms with E-state index < -0.39 is 5.79 Å². The molecule has 1 atom stereocenters. The number of hydrogen-bond donors (Lipinski definition) is 2. The molecule has 0 aliphatic carbocycles. The van der Waals surface area contributed by atoms with Crippen LogP contribution in [0.4, 0.5) is 0 Å². The molecule has 2 aliphatic rings. The lowest BCUT2D eigenvalue weighted by atomic mass is 10.1. The zero-order chi connectivity index (χ0) is 15.0. The Morgan fingerprint density at radius 2 is 1.80 bits per heavy atom. The van der Waals surface area contributed by atoms with E-state index in [2.05, 4.69) is 10.6 Å². The van der Waals surface area contributed by atoms with E-state index in [1.807, 2.05) is 0 Å². The Morgan fingerprint density at radius 3 is 2.25 bits per heavy atom. The molecule has 0 spiro atoms. The molecule has 0 bridgehead atoms. The number of rotatable bonds is 3. The van der Waals surface area contributed by atoms with Crippen LogP contribution < -0.4 is 10.6 Å². The highest BCUT2D eigenvalue weighted by molar-refractivity contribution is 5.78. The summed E-state index contributed by atoms with van der Waals surface area (Å²) < 4.78 is 15.5. The quantitative estimate of drug-likeness (QED) is 0.741. The summed E-state index contributed by atoms with van der Waals surface area (Å²) in [6, 6.07) is 0. The molecule has 7 nitrogen and oxygen atoms in total. The van der Waals surface area contributed by atoms with Gasteiger partial charge in [-0.25, -0.2) is 0 Å². The third-order valence-electron chi connectivity index (χ3n) is 3.21. The van der Waals surface area contributed by atoms with Gasteiger partial charge in [0.05, 0.1) is 32.2 Å². The Bertz CT molecular complexity index is 323. The maximum absolute atomic E-state index is 10.9. The van der Waals surface area contributed by atoms with Crippen LogP contribution in [0.5, 0.6) is 0 Å². The second kappa shape index (κ2) is 8.18. The first-order valence-corrected chi connectivity index (χ1v) is 6.78. The minimum atomic E-state index is -0.694. The van der Waals surface area contributed by atoms with Gasteiger partial charge in [-0.15, -0.1) is 0 Å². The molecule has 1 unspecified atom stereocenters. The first kappa shape index (κ1) is 16.9. The van der Waals surface area contributed by atoms with Gasteiger partial charge in [0.2, 0.25) is 11.8 Å². The zero-order valence-corrected chi connectivity index (χ0v) is 12.4. The van der Waals surface area contributed by atoms with Crippen LogP contribution in [0, 0.1) is 5.92 Å². The van der Waals surface area contributed by atoms with Crippen molar-refractivity contribution in [3.05, 3.63) is 0 Å². The SMILES string of the molecule is CNC(=O)C1CCOC1.CNC(=O)CC1(C)OCCO1. The smallest absolute Gasteiger partial charge is 0.225 e. The molecule has 2 N–H and O–H groups in total. The number of ether oxygens (including phenoxy) is 3. The van der Waals surface area contributed by atoms with E-state index in [9.17, 15) is 9.59 Å². The fraction of sp³-hybridized carbons (Fsp3) is 0.846. The monoisotopic (exact) mass is 288 g/mol. The highest BCUT2D eigenvalue weighted by Gasteiger charge is 2.33. The van der Waals surface area contributed by atoms with E-state index in [-0.39, 0.29) is 24.2 Å². The molecule has 2 aliphatic heterocycles. The highest BCUT2D eigenvalue weighted by Crippen LogP contribution is 2.21. The second-order valence-corrected chi connectivity index (χ2v) is 4.86. The first-order valence-electron chi connectivity index (χ1n) is 6.78. The van der Waals surface area contributed by atoms with E-state index in [1.54, 1.807) is 21.0 Å². The number of nitrogens with one attached hydrogen (secondary N) is 2. The summed E-state index contributed by atoms with van der Waals surface area (Å²) in [5, 5.41) is 5.11. The number of amides is 2. The van der Waals surface area contributed by atoms with Crippen LogP contribution in [-0.2, 0) is 23.8 Å². The largest absolute Gasteiger partial charge is 0.381 e. The molecule has 2 heterocycles. The topological polar surface area (TPSA) is 85.9 Å². The fourth-order valence-electron chi connectivity index (χ4n) is 1.98. The molecule has 2 amide bonds. The molecule has 0 aromatic heterocycles. The molecule has 2 fully saturated rings. The van der Waals surface area contributed by atoms with Crippen LogP contribution in [0.1, 0.15) is 19.8 Å². The van der Waals surface area contributed by atoms with Crippen molar-refractivity contribution in [3.63, 3.8) is 0 Å². The average Bonchev–Trinajstić information content (AvgIpc) is 3.10. The predicted octanol–water partition coefficient (Wildman–Crippen LogP) is -0.346. The summed E-state index contributed by atoms with van der Waals surface area (Å²) in [5.41, 5.74) is 0. The maximum Gasteiger partial charge on any atom is 0.225 e. The third kappa shape index (κ3) is 5.44. The molecule has 2 saturated heterocycles. The van der Waals surface area contributed by atoms with Crippen molar-refractivity contribution in [2.45, 2.75) is 25.6 Å². The Labute approximate surface area is 119 Å². The number of hydrogen-bond acceptors (Lipinski definition) is 5. The van der Waals surface area contributed by atoms with E-state index in [1.165, 1.54) is 0 Å². The molecular weight excluding hydrogens is 264 g/mol. The van der Waals surface area contributed by atoms with Crippen LogP contribution in [0.25, 0.3) is 0 Å². The third-order valence-corrected chi connectivity index (χ3v) is 3.21. The van der Waals surface area contributed by atoms with Gasteiger partial charge in [0.15, 0.2) is 5.79 Å². The summed E-state index contributed by atoms with van der Waals surface area (Å²) in [6.07, 6.45) is 1.14. The van der Waals surface area contributed by atoms with Gasteiger partial charge in [0, 0.05) is 20.7 Å². The average molecular weight is 288 g/mol. The van der Waals surface area contributed by atoms with Gasteiger partial charge >= 0.3 is 0 Å². The second-order valence-electron chi connectivity index (χ2n) is 4.86. The summed E-state index contributed by atoms with van der Waals surface area (Å²) >= 11 is 0. The molecule has 7 heteroatoms. The zero-order valence-electron chi connectivity index (χ0n) is 12.4. The van der Waals surface area contributed by atoms with E-state index >= 15 is 0 Å². The summed E-state index contributed by atoms with van der Waals surface area (Å²) in [7, 11) is 3.25. The van der Waals surface area contributed by atoms with Crippen LogP contribution in [-0.4, -0.2) is 58.1 Å². The van der Waals surface area contributed by atoms with Crippen molar-refractivity contribution in [3.8, 4) is 0 Å². The van der Waals surface area contributed by atoms with E-state index in [0.717, 1.165) is 13.0 Å². The number of carbonyl (C=O) groups excluding carboxylic acids is 2. The van der Waals surface area contributed by atoms with Gasteiger partial charge in [0.25, 0.3) is 0 Å². The lowest BCUT2D eigenvalue weighted by molar-refractivity contribution is -0.159. The standard InChI is InChI=1S/C7H13NO3.C6H11NO2/c1-7(5-6(9)8-2)10-3-4-11-7;1-7-6(8)5-2-3-9-4-5/h3-5H2,1-2H3,(H,8,9);5H,2-4H2,1H3,(H,7,8). The van der Waals surface area contributed by atoms with Crippen LogP contribution in [0.15, 0.2) is 0 Å². The van der Waals surface area contributed by atoms with Gasteiger partial charge in [0.1, 0.15) is 0 Å². The van der Waals surface area contributed by atoms with E-state index in [0.29, 0.717) is 19.8 Å².